The molecule has 2 aliphatic heterocycles. The summed E-state index contributed by atoms with van der Waals surface area (Å²) in [5, 5.41) is 38.6. The Morgan fingerprint density at radius 2 is 2.23 bits per heavy atom. The van der Waals surface area contributed by atoms with E-state index in [9.17, 15) is 24.7 Å². The molecule has 31 heavy (non-hydrogen) atoms. The van der Waals surface area contributed by atoms with Crippen molar-refractivity contribution >= 4 is 29.5 Å². The summed E-state index contributed by atoms with van der Waals surface area (Å²) in [6.07, 6.45) is 1.26. The summed E-state index contributed by atoms with van der Waals surface area (Å²) in [5.74, 6) is -2.11. The molecule has 3 heterocycles. The Bertz CT molecular complexity index is 901. The minimum absolute atomic E-state index is 0.172. The Hall–Kier alpha value is -3.43. The predicted octanol–water partition coefficient (Wildman–Crippen LogP) is -1.44. The molecule has 168 valence electrons. The zero-order valence-electron chi connectivity index (χ0n) is 16.7. The number of β-lactam (4-membered cyclic amide) rings is 1. The molecular weight excluding hydrogens is 434 g/mol. The molecule has 1 aromatic heterocycles. The number of hydrogen-bond donors (Lipinski definition) is 2. The van der Waals surface area contributed by atoms with E-state index in [1.165, 1.54) is 27.8 Å². The maximum atomic E-state index is 12.6. The number of amides is 2. The molecule has 0 aromatic carbocycles. The lowest BCUT2D eigenvalue weighted by Crippen LogP contribution is -2.70. The van der Waals surface area contributed by atoms with Gasteiger partial charge in [-0.25, -0.2) is 9.48 Å². The lowest BCUT2D eigenvalue weighted by molar-refractivity contribution is -0.709. The molecule has 0 bridgehead atoms. The van der Waals surface area contributed by atoms with Gasteiger partial charge >= 0.3 is 5.97 Å². The molecule has 16 heteroatoms. The maximum absolute atomic E-state index is 12.6. The largest absolute Gasteiger partial charge is 0.569 e. The van der Waals surface area contributed by atoms with Crippen molar-refractivity contribution in [1.29, 1.82) is 0 Å². The van der Waals surface area contributed by atoms with Gasteiger partial charge in [-0.05, 0) is 24.3 Å². The Morgan fingerprint density at radius 1 is 1.48 bits per heavy atom. The van der Waals surface area contributed by atoms with Crippen molar-refractivity contribution in [1.82, 2.24) is 35.4 Å². The number of carboxylic acids is 1. The van der Waals surface area contributed by atoms with Crippen LogP contribution in [-0.4, -0.2) is 94.8 Å². The van der Waals surface area contributed by atoms with Crippen LogP contribution in [0, 0.1) is 5.21 Å². The number of hydrogen-bond acceptors (Lipinski definition) is 10. The summed E-state index contributed by atoms with van der Waals surface area (Å²) < 4.78 is 1.20. The Morgan fingerprint density at radius 3 is 2.84 bits per heavy atom. The van der Waals surface area contributed by atoms with Gasteiger partial charge in [0.25, 0.3) is 5.91 Å². The van der Waals surface area contributed by atoms with Crippen LogP contribution in [0.1, 0.15) is 13.8 Å². The number of tetrazole rings is 1. The lowest BCUT2D eigenvalue weighted by Gasteiger charge is -2.49. The molecule has 0 spiro atoms. The van der Waals surface area contributed by atoms with E-state index < -0.39 is 29.2 Å². The standard InChI is InChI=1S/C15H21N9O6S/c1-3-22(4-2)24(29)20-30-6-9-7-31-14-11(13(26)23(14)12(9)15(27)28)17-10(25)5-21-8-16-18-19-21/h8,11,14H,3-7H2,1-2H3,(H,17,25)(H,27,28)/b24-20-/t11-,14-/m1/s1. The monoisotopic (exact) mass is 455 g/mol. The van der Waals surface area contributed by atoms with E-state index >= 15 is 0 Å². The van der Waals surface area contributed by atoms with Gasteiger partial charge in [0.2, 0.25) is 11.2 Å². The van der Waals surface area contributed by atoms with Crippen molar-refractivity contribution in [3.05, 3.63) is 22.8 Å². The summed E-state index contributed by atoms with van der Waals surface area (Å²) >= 11 is 1.28. The van der Waals surface area contributed by atoms with E-state index in [1.807, 2.05) is 0 Å². The van der Waals surface area contributed by atoms with Gasteiger partial charge in [-0.2, -0.15) is 0 Å². The van der Waals surface area contributed by atoms with Gasteiger partial charge in [-0.1, -0.05) is 0 Å². The molecular formula is C15H21N9O6S. The number of nitrogens with one attached hydrogen (secondary N) is 1. The molecule has 3 rings (SSSR count). The first-order valence-corrected chi connectivity index (χ1v) is 10.4. The highest BCUT2D eigenvalue weighted by atomic mass is 32.2. The first kappa shape index (κ1) is 22.3. The van der Waals surface area contributed by atoms with Crippen LogP contribution in [0.15, 0.2) is 22.9 Å². The number of hydrazine groups is 1. The summed E-state index contributed by atoms with van der Waals surface area (Å²) in [5.41, 5.74) is 0.0764. The number of carboxylic acid groups (broad SMARTS) is 1. The van der Waals surface area contributed by atoms with Crippen LogP contribution >= 0.6 is 11.8 Å². The maximum Gasteiger partial charge on any atom is 0.352 e. The number of aromatic nitrogens is 4. The second kappa shape index (κ2) is 9.59. The predicted molar refractivity (Wildman–Crippen MR) is 102 cm³/mol. The highest BCUT2D eigenvalue weighted by Gasteiger charge is 2.54. The van der Waals surface area contributed by atoms with Gasteiger partial charge < -0.3 is 20.5 Å². The zero-order valence-corrected chi connectivity index (χ0v) is 17.6. The van der Waals surface area contributed by atoms with Crippen LogP contribution in [0.2, 0.25) is 0 Å². The number of aliphatic carboxylic acids is 1. The van der Waals surface area contributed by atoms with Gasteiger partial charge in [0, 0.05) is 11.3 Å². The molecule has 1 saturated heterocycles. The van der Waals surface area contributed by atoms with E-state index in [2.05, 4.69) is 26.1 Å². The third-order valence-electron chi connectivity index (χ3n) is 4.60. The smallest absolute Gasteiger partial charge is 0.352 e. The average Bonchev–Trinajstić information content (AvgIpc) is 3.25. The van der Waals surface area contributed by atoms with Gasteiger partial charge in [0.1, 0.15) is 36.6 Å². The summed E-state index contributed by atoms with van der Waals surface area (Å²) in [6, 6.07) is -0.865. The third-order valence-corrected chi connectivity index (χ3v) is 5.94. The molecule has 0 radical (unpaired) electrons. The van der Waals surface area contributed by atoms with E-state index in [-0.39, 0.29) is 24.6 Å². The Labute approximate surface area is 180 Å². The summed E-state index contributed by atoms with van der Waals surface area (Å²) in [7, 11) is 0. The van der Waals surface area contributed by atoms with Crippen molar-refractivity contribution in [2.75, 3.05) is 25.4 Å². The fourth-order valence-corrected chi connectivity index (χ4v) is 4.41. The topological polar surface area (TPSA) is 181 Å². The van der Waals surface area contributed by atoms with Crippen molar-refractivity contribution in [2.24, 2.45) is 5.28 Å². The average molecular weight is 455 g/mol. The number of fused-ring (bicyclic) bond motifs is 1. The van der Waals surface area contributed by atoms with E-state index in [0.717, 1.165) is 4.90 Å². The zero-order chi connectivity index (χ0) is 22.5. The van der Waals surface area contributed by atoms with E-state index in [4.69, 9.17) is 4.84 Å². The molecule has 2 atom stereocenters. The summed E-state index contributed by atoms with van der Waals surface area (Å²) in [4.78, 5) is 42.9. The molecule has 0 aliphatic carbocycles. The van der Waals surface area contributed by atoms with Gasteiger partial charge in [-0.15, -0.1) is 21.9 Å². The Balaban J connectivity index is 1.65. The van der Waals surface area contributed by atoms with Crippen LogP contribution < -0.4 is 5.32 Å². The van der Waals surface area contributed by atoms with Crippen LogP contribution in [0.5, 0.6) is 0 Å². The van der Waals surface area contributed by atoms with Crippen molar-refractivity contribution in [3.8, 4) is 0 Å². The second-order valence-electron chi connectivity index (χ2n) is 6.47. The van der Waals surface area contributed by atoms with Crippen molar-refractivity contribution in [2.45, 2.75) is 31.8 Å². The fourth-order valence-electron chi connectivity index (χ4n) is 3.09. The minimum atomic E-state index is -1.31. The molecule has 1 aromatic rings. The van der Waals surface area contributed by atoms with Crippen molar-refractivity contribution in [3.63, 3.8) is 0 Å². The van der Waals surface area contributed by atoms with E-state index in [1.54, 1.807) is 13.8 Å². The van der Waals surface area contributed by atoms with Crippen LogP contribution in [-0.2, 0) is 25.8 Å². The highest BCUT2D eigenvalue weighted by Crippen LogP contribution is 2.40. The summed E-state index contributed by atoms with van der Waals surface area (Å²) in [6.45, 7) is 3.98. The second-order valence-corrected chi connectivity index (χ2v) is 7.57. The quantitative estimate of drug-likeness (QED) is 0.182. The van der Waals surface area contributed by atoms with Gasteiger partial charge in [0.05, 0.1) is 18.1 Å². The SMILES string of the molecule is CCN(CC)/[N+]([O-])=N/OCC1=C(C(=O)O)N2C(=O)[C@@H](NC(=O)Cn3cnnn3)[C@H]2SC1. The molecule has 15 nitrogen and oxygen atoms in total. The first-order valence-electron chi connectivity index (χ1n) is 9.32. The van der Waals surface area contributed by atoms with Crippen LogP contribution in [0.25, 0.3) is 0 Å². The van der Waals surface area contributed by atoms with Gasteiger partial charge in [-0.3, -0.25) is 14.5 Å². The first-order chi connectivity index (χ1) is 14.9. The third kappa shape index (κ3) is 4.68. The molecule has 0 saturated carbocycles. The molecule has 2 amide bonds. The number of thioether (sulfide) groups is 1. The van der Waals surface area contributed by atoms with Gasteiger partial charge in [0.15, 0.2) is 0 Å². The normalized spacial score (nSPS) is 20.8. The van der Waals surface area contributed by atoms with Crippen LogP contribution in [0.3, 0.4) is 0 Å². The number of carbonyl (C=O) groups excluding carboxylic acids is 2. The molecule has 2 N–H and O–H groups in total. The number of rotatable bonds is 10. The molecule has 2 aliphatic rings. The molecule has 1 fully saturated rings. The fraction of sp³-hybridized carbons (Fsp3) is 0.600. The lowest BCUT2D eigenvalue weighted by atomic mass is 10.0. The number of nitrogens with zero attached hydrogens (tertiary/aromatic N) is 8. The highest BCUT2D eigenvalue weighted by molar-refractivity contribution is 8.00. The number of carbonyl (C=O) groups is 3. The molecule has 0 unspecified atom stereocenters. The van der Waals surface area contributed by atoms with Crippen LogP contribution in [0.4, 0.5) is 0 Å². The minimum Gasteiger partial charge on any atom is -0.569 e. The van der Waals surface area contributed by atoms with E-state index in [0.29, 0.717) is 23.6 Å². The van der Waals surface area contributed by atoms with Crippen molar-refractivity contribution < 1.29 is 29.3 Å². The Kier molecular flexibility index (Phi) is 6.88.